The molecule has 4 atom stereocenters. The van der Waals surface area contributed by atoms with E-state index in [9.17, 15) is 30.8 Å². The molecule has 272 valence electrons. The van der Waals surface area contributed by atoms with Crippen molar-refractivity contribution >= 4 is 27.4 Å². The monoisotopic (exact) mass is 749 g/mol. The number of ketones is 1. The Morgan fingerprint density at radius 2 is 1.65 bits per heavy atom. The van der Waals surface area contributed by atoms with Gasteiger partial charge in [-0.1, -0.05) is 48.0 Å². The van der Waals surface area contributed by atoms with Crippen LogP contribution >= 0.6 is 11.6 Å². The number of ether oxygens (including phenoxy) is 1. The second-order valence-corrected chi connectivity index (χ2v) is 14.9. The highest BCUT2D eigenvalue weighted by atomic mass is 35.5. The number of hydrogen-bond acceptors (Lipinski definition) is 6. The summed E-state index contributed by atoms with van der Waals surface area (Å²) in [6.45, 7) is 2.28. The highest BCUT2D eigenvalue weighted by Crippen LogP contribution is 2.31. The number of carbonyl (C=O) groups excluding carboxylic acids is 1. The molecule has 7 nitrogen and oxygen atoms in total. The molecule has 51 heavy (non-hydrogen) atoms. The molecule has 0 bridgehead atoms. The zero-order chi connectivity index (χ0) is 36.9. The predicted octanol–water partition coefficient (Wildman–Crippen LogP) is 6.97. The van der Waals surface area contributed by atoms with E-state index in [2.05, 4.69) is 10.1 Å². The predicted molar refractivity (Wildman–Crippen MR) is 184 cm³/mol. The minimum absolute atomic E-state index is 0.0875. The molecule has 0 saturated carbocycles. The summed E-state index contributed by atoms with van der Waals surface area (Å²) in [5, 5.41) is 3.70. The zero-order valence-corrected chi connectivity index (χ0v) is 29.1. The number of rotatable bonds is 13. The van der Waals surface area contributed by atoms with Crippen LogP contribution in [0.4, 0.5) is 22.0 Å². The van der Waals surface area contributed by atoms with Gasteiger partial charge in [0.1, 0.15) is 17.4 Å². The molecule has 0 radical (unpaired) electrons. The Balaban J connectivity index is 1.34. The fourth-order valence-electron chi connectivity index (χ4n) is 6.52. The standard InChI is InChI=1S/C37H37ClF5N3O4S/c1-23-21-45-22-29(46(23)51(48,49)31-16-14-30(15-17-31)50-37(41,42)43)13-18-32-26(3-2-4-34(32)40)20-35(47)36(44)33(25-7-9-27(38)10-8-25)19-24-5-11-28(39)12-6-24/h2-12,14-17,23,29,33,36,45H,13,18-22,44H2,1H3/t23-,29-,33-,36-/m0/s1. The van der Waals surface area contributed by atoms with Crippen molar-refractivity contribution in [3.8, 4) is 5.75 Å². The first-order valence-corrected chi connectivity index (χ1v) is 18.1. The lowest BCUT2D eigenvalue weighted by Crippen LogP contribution is -2.58. The molecule has 4 aromatic rings. The first kappa shape index (κ1) is 38.4. The number of carbonyl (C=O) groups is 1. The van der Waals surface area contributed by atoms with E-state index in [1.807, 2.05) is 0 Å². The first-order chi connectivity index (χ1) is 24.1. The van der Waals surface area contributed by atoms with Crippen LogP contribution < -0.4 is 15.8 Å². The minimum Gasteiger partial charge on any atom is -0.406 e. The Labute approximate surface area is 298 Å². The van der Waals surface area contributed by atoms with Crippen molar-refractivity contribution in [2.24, 2.45) is 5.73 Å². The third kappa shape index (κ3) is 9.72. The van der Waals surface area contributed by atoms with Crippen LogP contribution in [0.25, 0.3) is 0 Å². The molecule has 3 N–H and O–H groups in total. The fraction of sp³-hybridized carbons (Fsp3) is 0.324. The number of nitrogens with zero attached hydrogens (tertiary/aromatic N) is 1. The smallest absolute Gasteiger partial charge is 0.406 e. The van der Waals surface area contributed by atoms with E-state index < -0.39 is 57.8 Å². The van der Waals surface area contributed by atoms with Crippen LogP contribution in [0.5, 0.6) is 5.75 Å². The van der Waals surface area contributed by atoms with Crippen molar-refractivity contribution < 1.29 is 39.9 Å². The molecular weight excluding hydrogens is 713 g/mol. The molecule has 5 rings (SSSR count). The molecule has 1 fully saturated rings. The Kier molecular flexibility index (Phi) is 12.2. The van der Waals surface area contributed by atoms with E-state index in [4.69, 9.17) is 17.3 Å². The number of benzene rings is 4. The van der Waals surface area contributed by atoms with E-state index in [-0.39, 0.29) is 42.0 Å². The summed E-state index contributed by atoms with van der Waals surface area (Å²) in [7, 11) is -4.18. The van der Waals surface area contributed by atoms with Gasteiger partial charge in [0.2, 0.25) is 10.0 Å². The lowest BCUT2D eigenvalue weighted by Gasteiger charge is -2.40. The summed E-state index contributed by atoms with van der Waals surface area (Å²) in [4.78, 5) is 13.6. The third-order valence-electron chi connectivity index (χ3n) is 9.03. The largest absolute Gasteiger partial charge is 0.573 e. The summed E-state index contributed by atoms with van der Waals surface area (Å²) in [6, 6.07) is 19.1. The van der Waals surface area contributed by atoms with Gasteiger partial charge in [-0.2, -0.15) is 4.31 Å². The second kappa shape index (κ2) is 16.2. The van der Waals surface area contributed by atoms with Crippen LogP contribution in [0.2, 0.25) is 5.02 Å². The lowest BCUT2D eigenvalue weighted by atomic mass is 9.82. The SMILES string of the molecule is C[C@H]1CNC[C@H](CCc2c(F)cccc2CC(=O)[C@@H](N)[C@@H](Cc2ccc(F)cc2)c2ccc(Cl)cc2)N1S(=O)(=O)c1ccc(OC(F)(F)F)cc1. The molecule has 0 unspecified atom stereocenters. The molecule has 14 heteroatoms. The molecule has 1 aliphatic rings. The van der Waals surface area contributed by atoms with Crippen LogP contribution in [0.15, 0.2) is 95.9 Å². The van der Waals surface area contributed by atoms with Gasteiger partial charge in [0.25, 0.3) is 0 Å². The molecule has 0 spiro atoms. The van der Waals surface area contributed by atoms with Gasteiger partial charge in [-0.05, 0) is 103 Å². The van der Waals surface area contributed by atoms with Gasteiger partial charge >= 0.3 is 6.36 Å². The lowest BCUT2D eigenvalue weighted by molar-refractivity contribution is -0.274. The van der Waals surface area contributed by atoms with Crippen LogP contribution in [0.3, 0.4) is 0 Å². The van der Waals surface area contributed by atoms with Crippen LogP contribution in [0.1, 0.15) is 41.5 Å². The van der Waals surface area contributed by atoms with E-state index in [1.165, 1.54) is 28.6 Å². The van der Waals surface area contributed by atoms with Crippen molar-refractivity contribution in [2.75, 3.05) is 13.1 Å². The maximum atomic E-state index is 15.4. The number of halogens is 6. The topological polar surface area (TPSA) is 102 Å². The summed E-state index contributed by atoms with van der Waals surface area (Å²) < 4.78 is 99.8. The Morgan fingerprint density at radius 1 is 0.980 bits per heavy atom. The van der Waals surface area contributed by atoms with E-state index >= 15 is 4.39 Å². The van der Waals surface area contributed by atoms with Crippen molar-refractivity contribution in [1.82, 2.24) is 9.62 Å². The number of nitrogens with one attached hydrogen (secondary N) is 1. The summed E-state index contributed by atoms with van der Waals surface area (Å²) in [5.74, 6) is -2.35. The highest BCUT2D eigenvalue weighted by Gasteiger charge is 2.38. The molecule has 1 saturated heterocycles. The maximum absolute atomic E-state index is 15.4. The minimum atomic E-state index is -4.93. The number of nitrogens with two attached hydrogens (primary N) is 1. The van der Waals surface area contributed by atoms with Gasteiger partial charge in [-0.25, -0.2) is 17.2 Å². The molecule has 4 aromatic carbocycles. The van der Waals surface area contributed by atoms with Gasteiger partial charge in [-0.15, -0.1) is 13.2 Å². The first-order valence-electron chi connectivity index (χ1n) is 16.3. The maximum Gasteiger partial charge on any atom is 0.573 e. The fourth-order valence-corrected chi connectivity index (χ4v) is 8.49. The normalized spacial score (nSPS) is 18.3. The quantitative estimate of drug-likeness (QED) is 0.143. The highest BCUT2D eigenvalue weighted by molar-refractivity contribution is 7.89. The summed E-state index contributed by atoms with van der Waals surface area (Å²) >= 11 is 6.10. The summed E-state index contributed by atoms with van der Waals surface area (Å²) in [5.41, 5.74) is 8.81. The van der Waals surface area contributed by atoms with E-state index in [1.54, 1.807) is 49.4 Å². The van der Waals surface area contributed by atoms with Gasteiger partial charge in [0.15, 0.2) is 5.78 Å². The molecular formula is C37H37ClF5N3O4S. The second-order valence-electron chi connectivity index (χ2n) is 12.6. The van der Waals surface area contributed by atoms with Gasteiger partial charge in [0, 0.05) is 42.5 Å². The van der Waals surface area contributed by atoms with E-state index in [0.717, 1.165) is 35.4 Å². The number of Topliss-reactive ketones (excluding diaryl/α,β-unsaturated/α-hetero) is 1. The molecule has 1 heterocycles. The van der Waals surface area contributed by atoms with Gasteiger partial charge in [0.05, 0.1) is 10.9 Å². The molecule has 1 aliphatic heterocycles. The summed E-state index contributed by atoms with van der Waals surface area (Å²) in [6.07, 6.45) is -4.51. The molecule has 0 aromatic heterocycles. The van der Waals surface area contributed by atoms with Crippen LogP contribution in [-0.2, 0) is 34.1 Å². The number of alkyl halides is 3. The third-order valence-corrected chi connectivity index (χ3v) is 11.4. The van der Waals surface area contributed by atoms with Gasteiger partial charge in [-0.3, -0.25) is 4.79 Å². The zero-order valence-electron chi connectivity index (χ0n) is 27.5. The van der Waals surface area contributed by atoms with Crippen LogP contribution in [0, 0.1) is 11.6 Å². The van der Waals surface area contributed by atoms with Crippen molar-refractivity contribution in [3.63, 3.8) is 0 Å². The number of sulfonamides is 1. The Morgan fingerprint density at radius 3 is 2.29 bits per heavy atom. The van der Waals surface area contributed by atoms with E-state index in [0.29, 0.717) is 23.6 Å². The number of piperazine rings is 1. The Hall–Kier alpha value is -3.88. The average Bonchev–Trinajstić information content (AvgIpc) is 3.07. The van der Waals surface area contributed by atoms with Crippen LogP contribution in [-0.4, -0.2) is 56.1 Å². The molecule has 0 amide bonds. The number of hydrogen-bond donors (Lipinski definition) is 2. The van der Waals surface area contributed by atoms with Crippen molar-refractivity contribution in [2.45, 2.75) is 67.9 Å². The molecule has 0 aliphatic carbocycles. The average molecular weight is 750 g/mol. The van der Waals surface area contributed by atoms with Gasteiger partial charge < -0.3 is 15.8 Å². The van der Waals surface area contributed by atoms with Crippen molar-refractivity contribution in [1.29, 1.82) is 0 Å². The Bertz CT molecular complexity index is 1910. The van der Waals surface area contributed by atoms with Crippen molar-refractivity contribution in [3.05, 3.63) is 130 Å².